The Labute approximate surface area is 161 Å². The number of benzene rings is 2. The number of hydrogen-bond acceptors (Lipinski definition) is 4. The zero-order chi connectivity index (χ0) is 18.1. The first-order valence-corrected chi connectivity index (χ1v) is 9.59. The largest absolute Gasteiger partial charge is 0.389 e. The minimum atomic E-state index is 0.715. The number of amidine groups is 1. The van der Waals surface area contributed by atoms with Crippen molar-refractivity contribution in [3.63, 3.8) is 0 Å². The van der Waals surface area contributed by atoms with E-state index < -0.39 is 0 Å². The van der Waals surface area contributed by atoms with Crippen LogP contribution < -0.4 is 4.81 Å². The Morgan fingerprint density at radius 2 is 1.81 bits per heavy atom. The fourth-order valence-corrected chi connectivity index (χ4v) is 3.77. The number of para-hydroxylation sites is 1. The van der Waals surface area contributed by atoms with E-state index in [-0.39, 0.29) is 0 Å². The summed E-state index contributed by atoms with van der Waals surface area (Å²) in [5.41, 5.74) is 4.35. The molecule has 1 saturated heterocycles. The molecular formula is C20H23BClN4. The van der Waals surface area contributed by atoms with Gasteiger partial charge in [-0.2, -0.15) is 0 Å². The molecule has 0 aromatic heterocycles. The first-order valence-electron chi connectivity index (χ1n) is 9.21. The molecule has 0 atom stereocenters. The fourth-order valence-electron chi connectivity index (χ4n) is 3.61. The van der Waals surface area contributed by atoms with Crippen molar-refractivity contribution in [2.24, 2.45) is 4.99 Å². The smallest absolute Gasteiger partial charge is 0.252 e. The maximum absolute atomic E-state index is 6.30. The van der Waals surface area contributed by atoms with Gasteiger partial charge in [0, 0.05) is 42.5 Å². The van der Waals surface area contributed by atoms with Gasteiger partial charge in [0.2, 0.25) is 0 Å². The van der Waals surface area contributed by atoms with Crippen LogP contribution >= 0.6 is 11.6 Å². The molecule has 2 aliphatic heterocycles. The molecule has 2 heterocycles. The maximum Gasteiger partial charge on any atom is 0.252 e. The Kier molecular flexibility index (Phi) is 4.92. The quantitative estimate of drug-likeness (QED) is 0.746. The molecule has 0 spiro atoms. The molecule has 0 amide bonds. The molecule has 1 fully saturated rings. The summed E-state index contributed by atoms with van der Waals surface area (Å²) in [6, 6.07) is 14.5. The lowest BCUT2D eigenvalue weighted by atomic mass is 9.85. The van der Waals surface area contributed by atoms with Crippen molar-refractivity contribution in [3.8, 4) is 0 Å². The van der Waals surface area contributed by atoms with E-state index in [9.17, 15) is 0 Å². The Hall–Kier alpha value is -1.98. The highest BCUT2D eigenvalue weighted by Crippen LogP contribution is 2.41. The van der Waals surface area contributed by atoms with Crippen LogP contribution in [-0.4, -0.2) is 56.3 Å². The van der Waals surface area contributed by atoms with Crippen molar-refractivity contribution in [3.05, 3.63) is 53.1 Å². The van der Waals surface area contributed by atoms with Crippen molar-refractivity contribution in [2.75, 3.05) is 38.0 Å². The maximum atomic E-state index is 6.30. The molecule has 0 bridgehead atoms. The van der Waals surface area contributed by atoms with Gasteiger partial charge in [-0.1, -0.05) is 37.0 Å². The van der Waals surface area contributed by atoms with Crippen LogP contribution in [0, 0.1) is 0 Å². The summed E-state index contributed by atoms with van der Waals surface area (Å²) in [5.74, 6) is 1.05. The van der Waals surface area contributed by atoms with Crippen LogP contribution in [0.1, 0.15) is 12.5 Å². The number of anilines is 2. The van der Waals surface area contributed by atoms with E-state index in [4.69, 9.17) is 16.6 Å². The molecule has 0 saturated carbocycles. The third-order valence-corrected chi connectivity index (χ3v) is 5.23. The second-order valence-corrected chi connectivity index (χ2v) is 7.27. The lowest BCUT2D eigenvalue weighted by molar-refractivity contribution is 0.216. The number of rotatable bonds is 2. The number of piperazine rings is 1. The molecule has 4 nitrogen and oxygen atoms in total. The molecule has 2 aromatic rings. The monoisotopic (exact) mass is 365 g/mol. The molecule has 1 radical (unpaired) electrons. The van der Waals surface area contributed by atoms with Crippen molar-refractivity contribution in [1.82, 2.24) is 9.80 Å². The zero-order valence-electron chi connectivity index (χ0n) is 15.3. The van der Waals surface area contributed by atoms with Crippen LogP contribution in [0.3, 0.4) is 0 Å². The van der Waals surface area contributed by atoms with Gasteiger partial charge in [-0.3, -0.25) is 0 Å². The molecule has 2 aromatic carbocycles. The summed E-state index contributed by atoms with van der Waals surface area (Å²) in [7, 11) is 4.39. The summed E-state index contributed by atoms with van der Waals surface area (Å²) < 4.78 is 0. The second kappa shape index (κ2) is 7.33. The van der Waals surface area contributed by atoms with E-state index in [0.29, 0.717) is 5.02 Å². The van der Waals surface area contributed by atoms with E-state index in [1.54, 1.807) is 0 Å². The van der Waals surface area contributed by atoms with Crippen molar-refractivity contribution >= 4 is 41.9 Å². The molecule has 26 heavy (non-hydrogen) atoms. The highest BCUT2D eigenvalue weighted by Gasteiger charge is 2.27. The molecule has 133 valence electrons. The van der Waals surface area contributed by atoms with E-state index >= 15 is 0 Å². The Morgan fingerprint density at radius 3 is 2.58 bits per heavy atom. The lowest BCUT2D eigenvalue weighted by Crippen LogP contribution is -2.47. The van der Waals surface area contributed by atoms with Gasteiger partial charge >= 0.3 is 0 Å². The topological polar surface area (TPSA) is 22.1 Å². The van der Waals surface area contributed by atoms with Gasteiger partial charge in [0.15, 0.2) is 0 Å². The number of aliphatic imine (C=N–C) groups is 1. The normalized spacial score (nSPS) is 17.3. The SMILES string of the molecule is CC[B]N1c2ccc(Cl)cc2N=C(N2CCN(C)CC2)c2ccccc21. The molecular weight excluding hydrogens is 343 g/mol. The molecule has 0 N–H and O–H groups in total. The highest BCUT2D eigenvalue weighted by molar-refractivity contribution is 6.45. The lowest BCUT2D eigenvalue weighted by Gasteiger charge is -2.35. The number of nitrogens with zero attached hydrogens (tertiary/aromatic N) is 4. The predicted octanol–water partition coefficient (Wildman–Crippen LogP) is 4.17. The molecule has 4 rings (SSSR count). The summed E-state index contributed by atoms with van der Waals surface area (Å²) in [4.78, 5) is 12.1. The van der Waals surface area contributed by atoms with Gasteiger partial charge < -0.3 is 14.6 Å². The van der Waals surface area contributed by atoms with Gasteiger partial charge in [0.1, 0.15) is 5.84 Å². The van der Waals surface area contributed by atoms with E-state index in [0.717, 1.165) is 49.7 Å². The van der Waals surface area contributed by atoms with Crippen LogP contribution in [0.25, 0.3) is 0 Å². The average Bonchev–Trinajstić information content (AvgIpc) is 2.78. The van der Waals surface area contributed by atoms with Crippen LogP contribution in [-0.2, 0) is 0 Å². The van der Waals surface area contributed by atoms with Crippen molar-refractivity contribution < 1.29 is 0 Å². The van der Waals surface area contributed by atoms with Gasteiger partial charge in [0.25, 0.3) is 7.41 Å². The van der Waals surface area contributed by atoms with Crippen LogP contribution in [0.4, 0.5) is 17.1 Å². The number of likely N-dealkylation sites (N-methyl/N-ethyl adjacent to an activating group) is 1. The van der Waals surface area contributed by atoms with Crippen LogP contribution in [0.15, 0.2) is 47.5 Å². The summed E-state index contributed by atoms with van der Waals surface area (Å²) in [6.45, 7) is 6.22. The molecule has 0 aliphatic carbocycles. The van der Waals surface area contributed by atoms with Gasteiger partial charge in [-0.05, 0) is 37.4 Å². The third-order valence-electron chi connectivity index (χ3n) is 5.00. The van der Waals surface area contributed by atoms with E-state index in [1.165, 1.54) is 11.3 Å². The Bertz CT molecular complexity index is 830. The van der Waals surface area contributed by atoms with Gasteiger partial charge in [-0.15, -0.1) is 0 Å². The molecule has 2 aliphatic rings. The highest BCUT2D eigenvalue weighted by atomic mass is 35.5. The predicted molar refractivity (Wildman–Crippen MR) is 112 cm³/mol. The van der Waals surface area contributed by atoms with E-state index in [1.807, 2.05) is 12.1 Å². The number of halogens is 1. The zero-order valence-corrected chi connectivity index (χ0v) is 16.1. The fraction of sp³-hybridized carbons (Fsp3) is 0.350. The molecule has 6 heteroatoms. The summed E-state index contributed by atoms with van der Waals surface area (Å²) >= 11 is 6.30. The minimum Gasteiger partial charge on any atom is -0.389 e. The van der Waals surface area contributed by atoms with Crippen molar-refractivity contribution in [2.45, 2.75) is 13.2 Å². The third kappa shape index (κ3) is 3.22. The van der Waals surface area contributed by atoms with Crippen molar-refractivity contribution in [1.29, 1.82) is 0 Å². The first-order chi connectivity index (χ1) is 12.7. The summed E-state index contributed by atoms with van der Waals surface area (Å²) in [5, 5.41) is 0.715. The second-order valence-electron chi connectivity index (χ2n) is 6.84. The Balaban J connectivity index is 1.88. The number of hydrogen-bond donors (Lipinski definition) is 0. The minimum absolute atomic E-state index is 0.715. The summed E-state index contributed by atoms with van der Waals surface area (Å²) in [6.07, 6.45) is 0.945. The van der Waals surface area contributed by atoms with Gasteiger partial charge in [0.05, 0.1) is 11.4 Å². The first kappa shape index (κ1) is 17.4. The standard InChI is InChI=1S/C20H23BClN4/c1-3-21-26-18-7-5-4-6-16(18)20(25-12-10-24(2)11-13-25)23-17-14-15(22)8-9-19(17)26/h4-9,14H,3,10-13H2,1-2H3. The van der Waals surface area contributed by atoms with Crippen LogP contribution in [0.2, 0.25) is 11.3 Å². The van der Waals surface area contributed by atoms with Crippen LogP contribution in [0.5, 0.6) is 0 Å². The molecule has 0 unspecified atom stereocenters. The number of fused-ring (bicyclic) bond motifs is 2. The van der Waals surface area contributed by atoms with Gasteiger partial charge in [-0.25, -0.2) is 4.99 Å². The van der Waals surface area contributed by atoms with E-state index in [2.05, 4.69) is 66.3 Å². The Morgan fingerprint density at radius 1 is 1.04 bits per heavy atom. The average molecular weight is 366 g/mol.